The van der Waals surface area contributed by atoms with Gasteiger partial charge in [0, 0.05) is 21.1 Å². The number of amidine groups is 1. The Morgan fingerprint density at radius 3 is 2.44 bits per heavy atom. The van der Waals surface area contributed by atoms with Crippen molar-refractivity contribution in [1.29, 1.82) is 0 Å². The average molecular weight is 145 g/mol. The van der Waals surface area contributed by atoms with Crippen molar-refractivity contribution in [2.75, 3.05) is 27.0 Å². The maximum atomic E-state index is 4.08. The molecule has 1 aliphatic rings. The summed E-state index contributed by atoms with van der Waals surface area (Å²) in [6, 6.07) is 0. The molecule has 0 aromatic rings. The number of hydrogen-bond acceptors (Lipinski definition) is 3. The number of rotatable bonds is 0. The van der Waals surface area contributed by atoms with Gasteiger partial charge in [0.1, 0.15) is 0 Å². The zero-order chi connectivity index (χ0) is 6.85. The lowest BCUT2D eigenvalue weighted by atomic mass is 11.0. The highest BCUT2D eigenvalue weighted by Crippen LogP contribution is 2.18. The fourth-order valence-corrected chi connectivity index (χ4v) is 1.62. The van der Waals surface area contributed by atoms with Crippen LogP contribution in [0.4, 0.5) is 0 Å². The number of hydrazine groups is 1. The van der Waals surface area contributed by atoms with Crippen molar-refractivity contribution in [1.82, 2.24) is 10.0 Å². The normalized spacial score (nSPS) is 26.1. The van der Waals surface area contributed by atoms with Gasteiger partial charge in [-0.3, -0.25) is 10.0 Å². The van der Waals surface area contributed by atoms with Gasteiger partial charge in [0.05, 0.1) is 5.88 Å². The van der Waals surface area contributed by atoms with E-state index in [4.69, 9.17) is 0 Å². The molecule has 0 saturated carbocycles. The molecule has 0 radical (unpaired) electrons. The lowest BCUT2D eigenvalue weighted by Crippen LogP contribution is -2.31. The summed E-state index contributed by atoms with van der Waals surface area (Å²) in [7, 11) is 5.88. The fraction of sp³-hybridized carbons (Fsp3) is 0.800. The lowest BCUT2D eigenvalue weighted by molar-refractivity contribution is 0.149. The van der Waals surface area contributed by atoms with Gasteiger partial charge < -0.3 is 0 Å². The monoisotopic (exact) mass is 145 g/mol. The number of hydrogen-bond donors (Lipinski definition) is 0. The van der Waals surface area contributed by atoms with Gasteiger partial charge in [-0.1, -0.05) is 11.8 Å². The van der Waals surface area contributed by atoms with Crippen molar-refractivity contribution in [2.24, 2.45) is 4.99 Å². The van der Waals surface area contributed by atoms with Crippen LogP contribution in [0.5, 0.6) is 0 Å². The summed E-state index contributed by atoms with van der Waals surface area (Å²) < 4.78 is 0. The van der Waals surface area contributed by atoms with Crippen LogP contribution < -0.4 is 0 Å². The first-order valence-corrected chi connectivity index (χ1v) is 3.78. The molecule has 0 unspecified atom stereocenters. The van der Waals surface area contributed by atoms with Crippen molar-refractivity contribution in [3.05, 3.63) is 0 Å². The van der Waals surface area contributed by atoms with Crippen LogP contribution in [0.25, 0.3) is 0 Å². The standard InChI is InChI=1S/C5H11N3S/c1-6-5-8(3)7(2)4-9-5/h4H2,1-3H3. The molecule has 0 aromatic heterocycles. The quantitative estimate of drug-likeness (QED) is 0.493. The summed E-state index contributed by atoms with van der Waals surface area (Å²) in [6.45, 7) is 0. The highest BCUT2D eigenvalue weighted by Gasteiger charge is 2.19. The fourth-order valence-electron chi connectivity index (χ4n) is 0.686. The Hall–Kier alpha value is -0.220. The predicted octanol–water partition coefficient (Wildman–Crippen LogP) is 0.455. The largest absolute Gasteiger partial charge is 0.287 e. The molecule has 0 amide bonds. The Labute approximate surface area is 59.7 Å². The smallest absolute Gasteiger partial charge is 0.174 e. The van der Waals surface area contributed by atoms with E-state index in [9.17, 15) is 0 Å². The minimum absolute atomic E-state index is 1.02. The zero-order valence-corrected chi connectivity index (χ0v) is 6.77. The van der Waals surface area contributed by atoms with Crippen LogP contribution in [-0.4, -0.2) is 42.2 Å². The van der Waals surface area contributed by atoms with Crippen LogP contribution in [0.2, 0.25) is 0 Å². The number of aliphatic imine (C=N–C) groups is 1. The predicted molar refractivity (Wildman–Crippen MR) is 41.3 cm³/mol. The first-order valence-electron chi connectivity index (χ1n) is 2.80. The molecule has 4 heteroatoms. The molecule has 0 spiro atoms. The molecule has 0 aromatic carbocycles. The minimum Gasteiger partial charge on any atom is -0.287 e. The van der Waals surface area contributed by atoms with E-state index in [1.807, 2.05) is 26.2 Å². The Morgan fingerprint density at radius 2 is 2.22 bits per heavy atom. The summed E-state index contributed by atoms with van der Waals surface area (Å²) in [5.74, 6) is 1.02. The third-order valence-electron chi connectivity index (χ3n) is 1.36. The summed E-state index contributed by atoms with van der Waals surface area (Å²) in [5.41, 5.74) is 0. The van der Waals surface area contributed by atoms with Crippen molar-refractivity contribution >= 4 is 16.9 Å². The van der Waals surface area contributed by atoms with Crippen molar-refractivity contribution in [3.8, 4) is 0 Å². The van der Waals surface area contributed by atoms with E-state index in [-0.39, 0.29) is 0 Å². The van der Waals surface area contributed by atoms with Gasteiger partial charge in [-0.25, -0.2) is 5.01 Å². The van der Waals surface area contributed by atoms with E-state index in [1.165, 1.54) is 0 Å². The Bertz CT molecular complexity index is 134. The van der Waals surface area contributed by atoms with Crippen LogP contribution in [0.1, 0.15) is 0 Å². The molecule has 52 valence electrons. The van der Waals surface area contributed by atoms with E-state index in [2.05, 4.69) is 10.0 Å². The number of thioether (sulfide) groups is 1. The average Bonchev–Trinajstić information content (AvgIpc) is 2.15. The highest BCUT2D eigenvalue weighted by atomic mass is 32.2. The van der Waals surface area contributed by atoms with Crippen molar-refractivity contribution < 1.29 is 0 Å². The first kappa shape index (κ1) is 6.89. The van der Waals surface area contributed by atoms with E-state index in [0.717, 1.165) is 11.0 Å². The van der Waals surface area contributed by atoms with E-state index in [0.29, 0.717) is 0 Å². The third kappa shape index (κ3) is 1.19. The summed E-state index contributed by atoms with van der Waals surface area (Å²) in [4.78, 5) is 4.08. The maximum Gasteiger partial charge on any atom is 0.174 e. The minimum atomic E-state index is 1.02. The van der Waals surface area contributed by atoms with E-state index >= 15 is 0 Å². The van der Waals surface area contributed by atoms with Gasteiger partial charge in [-0.15, -0.1) is 0 Å². The molecule has 0 bridgehead atoms. The number of nitrogens with zero attached hydrogens (tertiary/aromatic N) is 3. The van der Waals surface area contributed by atoms with Crippen LogP contribution in [0.15, 0.2) is 4.99 Å². The summed E-state index contributed by atoms with van der Waals surface area (Å²) in [6.07, 6.45) is 0. The molecule has 1 saturated heterocycles. The first-order chi connectivity index (χ1) is 4.25. The molecule has 1 fully saturated rings. The molecular weight excluding hydrogens is 134 g/mol. The van der Waals surface area contributed by atoms with Gasteiger partial charge in [0.2, 0.25) is 0 Å². The van der Waals surface area contributed by atoms with Gasteiger partial charge in [-0.2, -0.15) is 0 Å². The molecular formula is C5H11N3S. The molecule has 1 rings (SSSR count). The topological polar surface area (TPSA) is 18.8 Å². The Morgan fingerprint density at radius 1 is 1.56 bits per heavy atom. The summed E-state index contributed by atoms with van der Waals surface area (Å²) in [5, 5.41) is 5.26. The Balaban J connectivity index is 2.62. The van der Waals surface area contributed by atoms with Crippen LogP contribution in [0, 0.1) is 0 Å². The Kier molecular flexibility index (Phi) is 1.97. The second-order valence-electron chi connectivity index (χ2n) is 1.96. The lowest BCUT2D eigenvalue weighted by Gasteiger charge is -2.18. The highest BCUT2D eigenvalue weighted by molar-refractivity contribution is 8.14. The summed E-state index contributed by atoms with van der Waals surface area (Å²) >= 11 is 1.76. The second-order valence-corrected chi connectivity index (χ2v) is 2.87. The van der Waals surface area contributed by atoms with Crippen molar-refractivity contribution in [3.63, 3.8) is 0 Å². The molecule has 1 aliphatic heterocycles. The van der Waals surface area contributed by atoms with Gasteiger partial charge >= 0.3 is 0 Å². The SMILES string of the molecule is CN=C1SCN(C)N1C. The molecule has 0 aliphatic carbocycles. The van der Waals surface area contributed by atoms with Gasteiger partial charge in [0.15, 0.2) is 5.17 Å². The van der Waals surface area contributed by atoms with Crippen LogP contribution >= 0.6 is 11.8 Å². The van der Waals surface area contributed by atoms with E-state index < -0.39 is 0 Å². The molecule has 0 N–H and O–H groups in total. The van der Waals surface area contributed by atoms with Gasteiger partial charge in [-0.05, 0) is 0 Å². The molecule has 3 nitrogen and oxygen atoms in total. The van der Waals surface area contributed by atoms with Crippen LogP contribution in [-0.2, 0) is 0 Å². The van der Waals surface area contributed by atoms with E-state index in [1.54, 1.807) is 11.8 Å². The third-order valence-corrected chi connectivity index (χ3v) is 2.57. The molecule has 0 atom stereocenters. The van der Waals surface area contributed by atoms with Crippen LogP contribution in [0.3, 0.4) is 0 Å². The zero-order valence-electron chi connectivity index (χ0n) is 5.96. The van der Waals surface area contributed by atoms with Gasteiger partial charge in [0.25, 0.3) is 0 Å². The maximum absolute atomic E-state index is 4.08. The molecule has 1 heterocycles. The van der Waals surface area contributed by atoms with Crippen molar-refractivity contribution in [2.45, 2.75) is 0 Å². The molecule has 9 heavy (non-hydrogen) atoms. The second kappa shape index (κ2) is 2.58.